The summed E-state index contributed by atoms with van der Waals surface area (Å²) in [7, 11) is 0. The summed E-state index contributed by atoms with van der Waals surface area (Å²) in [6.45, 7) is 5.43. The van der Waals surface area contributed by atoms with Gasteiger partial charge in [-0.1, -0.05) is 11.2 Å². The number of nitrogens with zero attached hydrogens (tertiary/aromatic N) is 1. The lowest BCUT2D eigenvalue weighted by molar-refractivity contribution is 0.00685. The Kier molecular flexibility index (Phi) is 4.28. The third-order valence-corrected chi connectivity index (χ3v) is 2.47. The highest BCUT2D eigenvalue weighted by atomic mass is 79.9. The molecule has 1 rings (SSSR count). The first-order valence-corrected chi connectivity index (χ1v) is 5.83. The Labute approximate surface area is 108 Å². The number of esters is 1. The van der Waals surface area contributed by atoms with E-state index in [0.717, 1.165) is 0 Å². The number of hydrogen-bond acceptors (Lipinski definition) is 4. The van der Waals surface area contributed by atoms with Crippen molar-refractivity contribution in [3.05, 3.63) is 33.8 Å². The van der Waals surface area contributed by atoms with Gasteiger partial charge in [-0.25, -0.2) is 4.79 Å². The van der Waals surface area contributed by atoms with Crippen LogP contribution in [0.4, 0.5) is 0 Å². The van der Waals surface area contributed by atoms with E-state index < -0.39 is 11.6 Å². The van der Waals surface area contributed by atoms with E-state index in [2.05, 4.69) is 21.1 Å². The van der Waals surface area contributed by atoms with Gasteiger partial charge >= 0.3 is 5.97 Å². The summed E-state index contributed by atoms with van der Waals surface area (Å²) in [5.41, 5.74) is 0.601. The predicted octanol–water partition coefficient (Wildman–Crippen LogP) is 3.21. The Bertz CT molecular complexity index is 450. The van der Waals surface area contributed by atoms with Gasteiger partial charge in [-0.3, -0.25) is 0 Å². The van der Waals surface area contributed by atoms with Crippen LogP contribution in [-0.2, 0) is 4.74 Å². The zero-order valence-corrected chi connectivity index (χ0v) is 11.5. The third kappa shape index (κ3) is 4.19. The van der Waals surface area contributed by atoms with Crippen molar-refractivity contribution in [2.45, 2.75) is 26.4 Å². The first-order chi connectivity index (χ1) is 7.83. The molecule has 4 nitrogen and oxygen atoms in total. The Balaban J connectivity index is 2.96. The normalized spacial score (nSPS) is 11.8. The molecule has 0 radical (unpaired) electrons. The van der Waals surface area contributed by atoms with Gasteiger partial charge in [0.15, 0.2) is 0 Å². The van der Waals surface area contributed by atoms with Crippen molar-refractivity contribution in [3.8, 4) is 0 Å². The standard InChI is InChI=1S/C12H14BrNO3/c1-12(2,3)17-11(15)9-5-4-8(7-14-16)6-10(9)13/h4-7,16H,1-3H3/b14-7-. The maximum absolute atomic E-state index is 11.8. The highest BCUT2D eigenvalue weighted by Crippen LogP contribution is 2.21. The molecule has 0 unspecified atom stereocenters. The average molecular weight is 300 g/mol. The highest BCUT2D eigenvalue weighted by molar-refractivity contribution is 9.10. The van der Waals surface area contributed by atoms with E-state index in [9.17, 15) is 4.79 Å². The van der Waals surface area contributed by atoms with Gasteiger partial charge < -0.3 is 9.94 Å². The van der Waals surface area contributed by atoms with E-state index in [-0.39, 0.29) is 0 Å². The summed E-state index contributed by atoms with van der Waals surface area (Å²) < 4.78 is 5.85. The van der Waals surface area contributed by atoms with Gasteiger partial charge in [0.25, 0.3) is 0 Å². The summed E-state index contributed by atoms with van der Waals surface area (Å²) in [5.74, 6) is -0.392. The Hall–Kier alpha value is -1.36. The molecule has 1 aromatic carbocycles. The Morgan fingerprint density at radius 1 is 1.47 bits per heavy atom. The fourth-order valence-electron chi connectivity index (χ4n) is 1.18. The largest absolute Gasteiger partial charge is 0.456 e. The van der Waals surface area contributed by atoms with E-state index in [4.69, 9.17) is 9.94 Å². The van der Waals surface area contributed by atoms with Crippen LogP contribution in [-0.4, -0.2) is 23.0 Å². The number of oxime groups is 1. The summed E-state index contributed by atoms with van der Waals surface area (Å²) in [5, 5.41) is 11.3. The SMILES string of the molecule is CC(C)(C)OC(=O)c1ccc(/C=N\O)cc1Br. The van der Waals surface area contributed by atoms with E-state index in [0.29, 0.717) is 15.6 Å². The second-order valence-corrected chi connectivity index (χ2v) is 5.34. The number of halogens is 1. The van der Waals surface area contributed by atoms with E-state index in [1.807, 2.05) is 20.8 Å². The predicted molar refractivity (Wildman–Crippen MR) is 68.7 cm³/mol. The van der Waals surface area contributed by atoms with E-state index in [1.54, 1.807) is 18.2 Å². The number of ether oxygens (including phenoxy) is 1. The van der Waals surface area contributed by atoms with Gasteiger partial charge in [0.05, 0.1) is 11.8 Å². The van der Waals surface area contributed by atoms with Crippen LogP contribution in [0, 0.1) is 0 Å². The molecular weight excluding hydrogens is 286 g/mol. The van der Waals surface area contributed by atoms with Crippen LogP contribution in [0.3, 0.4) is 0 Å². The molecule has 0 amide bonds. The molecule has 17 heavy (non-hydrogen) atoms. The number of benzene rings is 1. The van der Waals surface area contributed by atoms with Crippen molar-refractivity contribution < 1.29 is 14.7 Å². The number of carbonyl (C=O) groups is 1. The van der Waals surface area contributed by atoms with Crippen molar-refractivity contribution in [3.63, 3.8) is 0 Å². The lowest BCUT2D eigenvalue weighted by Gasteiger charge is -2.19. The van der Waals surface area contributed by atoms with Gasteiger partial charge in [0.2, 0.25) is 0 Å². The third-order valence-electron chi connectivity index (χ3n) is 1.82. The maximum Gasteiger partial charge on any atom is 0.339 e. The van der Waals surface area contributed by atoms with Crippen molar-refractivity contribution in [2.75, 3.05) is 0 Å². The summed E-state index contributed by atoms with van der Waals surface area (Å²) in [6.07, 6.45) is 1.28. The molecule has 0 atom stereocenters. The quantitative estimate of drug-likeness (QED) is 0.395. The molecule has 0 aliphatic carbocycles. The van der Waals surface area contributed by atoms with Crippen LogP contribution in [0.2, 0.25) is 0 Å². The molecule has 0 heterocycles. The van der Waals surface area contributed by atoms with Gasteiger partial charge in [-0.15, -0.1) is 0 Å². The van der Waals surface area contributed by atoms with Crippen molar-refractivity contribution in [1.29, 1.82) is 0 Å². The molecule has 0 saturated heterocycles. The van der Waals surface area contributed by atoms with Gasteiger partial charge in [-0.05, 0) is 54.4 Å². The molecule has 0 aromatic heterocycles. The zero-order valence-electron chi connectivity index (χ0n) is 9.90. The average Bonchev–Trinajstić information content (AvgIpc) is 2.15. The molecule has 0 spiro atoms. The van der Waals surface area contributed by atoms with Crippen LogP contribution in [0.1, 0.15) is 36.7 Å². The van der Waals surface area contributed by atoms with Gasteiger partial charge in [0, 0.05) is 4.47 Å². The number of hydrogen-bond donors (Lipinski definition) is 1. The van der Waals surface area contributed by atoms with Crippen LogP contribution in [0.15, 0.2) is 27.8 Å². The van der Waals surface area contributed by atoms with E-state index >= 15 is 0 Å². The van der Waals surface area contributed by atoms with Crippen molar-refractivity contribution in [1.82, 2.24) is 0 Å². The maximum atomic E-state index is 11.8. The molecule has 1 aromatic rings. The minimum Gasteiger partial charge on any atom is -0.456 e. The molecule has 0 fully saturated rings. The topological polar surface area (TPSA) is 58.9 Å². The summed E-state index contributed by atoms with van der Waals surface area (Å²) >= 11 is 3.28. The molecule has 0 bridgehead atoms. The molecule has 1 N–H and O–H groups in total. The smallest absolute Gasteiger partial charge is 0.339 e. The molecule has 0 aliphatic rings. The fraction of sp³-hybridized carbons (Fsp3) is 0.333. The van der Waals surface area contributed by atoms with Crippen LogP contribution >= 0.6 is 15.9 Å². The summed E-state index contributed by atoms with van der Waals surface area (Å²) in [6, 6.07) is 4.97. The molecule has 0 saturated carbocycles. The highest BCUT2D eigenvalue weighted by Gasteiger charge is 2.19. The molecule has 92 valence electrons. The Morgan fingerprint density at radius 3 is 2.59 bits per heavy atom. The summed E-state index contributed by atoms with van der Waals surface area (Å²) in [4.78, 5) is 11.8. The monoisotopic (exact) mass is 299 g/mol. The van der Waals surface area contributed by atoms with Crippen molar-refractivity contribution in [2.24, 2.45) is 5.16 Å². The number of rotatable bonds is 2. The van der Waals surface area contributed by atoms with Gasteiger partial charge in [0.1, 0.15) is 5.60 Å². The first-order valence-electron chi connectivity index (χ1n) is 5.04. The lowest BCUT2D eigenvalue weighted by Crippen LogP contribution is -2.24. The van der Waals surface area contributed by atoms with Crippen LogP contribution < -0.4 is 0 Å². The molecule has 0 aliphatic heterocycles. The number of carbonyl (C=O) groups excluding carboxylic acids is 1. The van der Waals surface area contributed by atoms with Crippen LogP contribution in [0.25, 0.3) is 0 Å². The lowest BCUT2D eigenvalue weighted by atomic mass is 10.1. The van der Waals surface area contributed by atoms with Crippen molar-refractivity contribution >= 4 is 28.1 Å². The zero-order chi connectivity index (χ0) is 13.1. The van der Waals surface area contributed by atoms with E-state index in [1.165, 1.54) is 6.21 Å². The minimum absolute atomic E-state index is 0.392. The van der Waals surface area contributed by atoms with Crippen LogP contribution in [0.5, 0.6) is 0 Å². The first kappa shape index (κ1) is 13.7. The molecular formula is C12H14BrNO3. The molecule has 5 heteroatoms. The second kappa shape index (κ2) is 5.31. The Morgan fingerprint density at radius 2 is 2.12 bits per heavy atom. The second-order valence-electron chi connectivity index (χ2n) is 4.49. The fourth-order valence-corrected chi connectivity index (χ4v) is 1.74. The minimum atomic E-state index is -0.526. The van der Waals surface area contributed by atoms with Gasteiger partial charge in [-0.2, -0.15) is 0 Å².